The van der Waals surface area contributed by atoms with Gasteiger partial charge in [0.2, 0.25) is 5.91 Å². The lowest BCUT2D eigenvalue weighted by atomic mass is 9.79. The van der Waals surface area contributed by atoms with E-state index in [-0.39, 0.29) is 11.3 Å². The quantitative estimate of drug-likeness (QED) is 0.630. The second-order valence-corrected chi connectivity index (χ2v) is 7.48. The van der Waals surface area contributed by atoms with Gasteiger partial charge in [-0.25, -0.2) is 0 Å². The van der Waals surface area contributed by atoms with Crippen LogP contribution in [0.25, 0.3) is 0 Å². The number of rotatable bonds is 2. The fourth-order valence-electron chi connectivity index (χ4n) is 4.28. The minimum absolute atomic E-state index is 0.0812. The van der Waals surface area contributed by atoms with Gasteiger partial charge in [-0.2, -0.15) is 0 Å². The van der Waals surface area contributed by atoms with Gasteiger partial charge in [0, 0.05) is 45.1 Å². The Morgan fingerprint density at radius 2 is 2.28 bits per heavy atom. The van der Waals surface area contributed by atoms with Crippen LogP contribution < -0.4 is 10.6 Å². The normalized spacial score (nSPS) is 26.0. The lowest BCUT2D eigenvalue weighted by molar-refractivity contribution is -0.119. The van der Waals surface area contributed by atoms with Crippen LogP contribution in [0.1, 0.15) is 36.0 Å². The Morgan fingerprint density at radius 1 is 1.40 bits per heavy atom. The molecule has 3 aliphatic heterocycles. The van der Waals surface area contributed by atoms with Crippen LogP contribution >= 0.6 is 0 Å². The number of nitrogens with zero attached hydrogens (tertiary/aromatic N) is 2. The summed E-state index contributed by atoms with van der Waals surface area (Å²) in [6, 6.07) is 6.54. The van der Waals surface area contributed by atoms with Gasteiger partial charge >= 0.3 is 0 Å². The number of carbonyl (C=O) groups is 1. The van der Waals surface area contributed by atoms with Gasteiger partial charge in [-0.1, -0.05) is 18.2 Å². The number of fused-ring (bicyclic) bond motifs is 1. The molecule has 6 nitrogen and oxygen atoms in total. The highest BCUT2D eigenvalue weighted by Crippen LogP contribution is 2.36. The highest BCUT2D eigenvalue weighted by Gasteiger charge is 2.42. The molecule has 1 amide bonds. The van der Waals surface area contributed by atoms with Gasteiger partial charge in [0.25, 0.3) is 0 Å². The van der Waals surface area contributed by atoms with E-state index in [1.165, 1.54) is 16.7 Å². The number of guanidine groups is 1. The molecule has 2 saturated heterocycles. The number of piperidine rings is 1. The molecule has 1 aromatic rings. The van der Waals surface area contributed by atoms with Gasteiger partial charge in [0.1, 0.15) is 0 Å². The van der Waals surface area contributed by atoms with E-state index in [4.69, 9.17) is 4.74 Å². The number of nitrogens with one attached hydrogen (secondary N) is 2. The number of hydrogen-bond donors (Lipinski definition) is 2. The van der Waals surface area contributed by atoms with Crippen molar-refractivity contribution in [3.05, 3.63) is 34.9 Å². The SMILES string of the molecule is CN=C(NCc1ccc2c(c1)COC2)N1CCCC2(CNC(=O)C2)C1. The first-order valence-electron chi connectivity index (χ1n) is 9.08. The Hall–Kier alpha value is -2.08. The summed E-state index contributed by atoms with van der Waals surface area (Å²) < 4.78 is 5.49. The van der Waals surface area contributed by atoms with Gasteiger partial charge < -0.3 is 20.3 Å². The zero-order valence-corrected chi connectivity index (χ0v) is 14.8. The van der Waals surface area contributed by atoms with Gasteiger partial charge in [-0.15, -0.1) is 0 Å². The van der Waals surface area contributed by atoms with Crippen molar-refractivity contribution in [3.63, 3.8) is 0 Å². The van der Waals surface area contributed by atoms with Crippen molar-refractivity contribution >= 4 is 11.9 Å². The predicted molar refractivity (Wildman–Crippen MR) is 96.0 cm³/mol. The Balaban J connectivity index is 1.40. The minimum Gasteiger partial charge on any atom is -0.372 e. The summed E-state index contributed by atoms with van der Waals surface area (Å²) in [5.74, 6) is 1.11. The Bertz CT molecular complexity index is 703. The van der Waals surface area contributed by atoms with Gasteiger partial charge in [-0.3, -0.25) is 9.79 Å². The fraction of sp³-hybridized carbons (Fsp3) is 0.579. The molecule has 4 rings (SSSR count). The van der Waals surface area contributed by atoms with Crippen molar-refractivity contribution in [1.29, 1.82) is 0 Å². The lowest BCUT2D eigenvalue weighted by Gasteiger charge is -2.40. The third-order valence-electron chi connectivity index (χ3n) is 5.61. The smallest absolute Gasteiger partial charge is 0.220 e. The Labute approximate surface area is 148 Å². The van der Waals surface area contributed by atoms with Crippen LogP contribution in [0, 0.1) is 5.41 Å². The van der Waals surface area contributed by atoms with E-state index < -0.39 is 0 Å². The fourth-order valence-corrected chi connectivity index (χ4v) is 4.28. The first kappa shape index (κ1) is 16.4. The van der Waals surface area contributed by atoms with E-state index in [1.54, 1.807) is 0 Å². The summed E-state index contributed by atoms with van der Waals surface area (Å²) in [5.41, 5.74) is 3.92. The molecule has 0 radical (unpaired) electrons. The lowest BCUT2D eigenvalue weighted by Crippen LogP contribution is -2.51. The first-order chi connectivity index (χ1) is 12.2. The molecule has 0 aromatic heterocycles. The summed E-state index contributed by atoms with van der Waals surface area (Å²) in [7, 11) is 1.83. The van der Waals surface area contributed by atoms with Gasteiger partial charge in [0.05, 0.1) is 13.2 Å². The molecule has 25 heavy (non-hydrogen) atoms. The molecule has 3 aliphatic rings. The molecule has 0 bridgehead atoms. The van der Waals surface area contributed by atoms with Crippen molar-refractivity contribution < 1.29 is 9.53 Å². The van der Waals surface area contributed by atoms with Crippen molar-refractivity contribution in [2.24, 2.45) is 10.4 Å². The zero-order chi connectivity index (χ0) is 17.3. The maximum absolute atomic E-state index is 11.7. The van der Waals surface area contributed by atoms with E-state index in [1.807, 2.05) is 7.05 Å². The van der Waals surface area contributed by atoms with Crippen LogP contribution in [0.15, 0.2) is 23.2 Å². The topological polar surface area (TPSA) is 66.0 Å². The summed E-state index contributed by atoms with van der Waals surface area (Å²) in [4.78, 5) is 18.5. The molecule has 3 heterocycles. The maximum atomic E-state index is 11.7. The molecular weight excluding hydrogens is 316 g/mol. The number of aliphatic imine (C=N–C) groups is 1. The number of likely N-dealkylation sites (tertiary alicyclic amines) is 1. The number of amides is 1. The average Bonchev–Trinajstić information content (AvgIpc) is 3.22. The molecule has 1 aromatic carbocycles. The predicted octanol–water partition coefficient (Wildman–Crippen LogP) is 1.39. The molecule has 0 saturated carbocycles. The monoisotopic (exact) mass is 342 g/mol. The van der Waals surface area contributed by atoms with Crippen molar-refractivity contribution in [1.82, 2.24) is 15.5 Å². The maximum Gasteiger partial charge on any atom is 0.220 e. The van der Waals surface area contributed by atoms with E-state index in [0.717, 1.165) is 51.6 Å². The highest BCUT2D eigenvalue weighted by atomic mass is 16.5. The summed E-state index contributed by atoms with van der Waals surface area (Å²) >= 11 is 0. The third-order valence-corrected chi connectivity index (χ3v) is 5.61. The second kappa shape index (κ2) is 6.67. The molecule has 2 N–H and O–H groups in total. The highest BCUT2D eigenvalue weighted by molar-refractivity contribution is 5.81. The number of ether oxygens (including phenoxy) is 1. The van der Waals surface area contributed by atoms with Crippen LogP contribution in [-0.4, -0.2) is 43.4 Å². The van der Waals surface area contributed by atoms with Crippen molar-refractivity contribution in [2.45, 2.75) is 39.0 Å². The molecule has 2 fully saturated rings. The van der Waals surface area contributed by atoms with Crippen LogP contribution in [0.4, 0.5) is 0 Å². The summed E-state index contributed by atoms with van der Waals surface area (Å²) in [5, 5.41) is 6.50. The van der Waals surface area contributed by atoms with Crippen LogP contribution in [0.2, 0.25) is 0 Å². The Kier molecular flexibility index (Phi) is 4.37. The minimum atomic E-state index is 0.0812. The number of benzene rings is 1. The molecule has 134 valence electrons. The number of hydrogen-bond acceptors (Lipinski definition) is 3. The summed E-state index contributed by atoms with van der Waals surface area (Å²) in [6.45, 7) is 4.88. The van der Waals surface area contributed by atoms with E-state index in [2.05, 4.69) is 38.7 Å². The largest absolute Gasteiger partial charge is 0.372 e. The number of carbonyl (C=O) groups excluding carboxylic acids is 1. The van der Waals surface area contributed by atoms with Gasteiger partial charge in [-0.05, 0) is 29.5 Å². The zero-order valence-electron chi connectivity index (χ0n) is 14.8. The molecule has 0 aliphatic carbocycles. The molecule has 6 heteroatoms. The van der Waals surface area contributed by atoms with Crippen LogP contribution in [0.5, 0.6) is 0 Å². The van der Waals surface area contributed by atoms with Crippen molar-refractivity contribution in [3.8, 4) is 0 Å². The van der Waals surface area contributed by atoms with E-state index in [0.29, 0.717) is 13.0 Å². The van der Waals surface area contributed by atoms with Gasteiger partial charge in [0.15, 0.2) is 5.96 Å². The van der Waals surface area contributed by atoms with E-state index >= 15 is 0 Å². The average molecular weight is 342 g/mol. The second-order valence-electron chi connectivity index (χ2n) is 7.48. The molecule has 1 unspecified atom stereocenters. The standard InChI is InChI=1S/C19H26N4O2/c1-20-18(21-9-14-3-4-15-10-25-11-16(15)7-14)23-6-2-5-19(13-23)8-17(24)22-12-19/h3-4,7H,2,5-6,8-13H2,1H3,(H,20,21)(H,22,24). The Morgan fingerprint density at radius 3 is 3.08 bits per heavy atom. The van der Waals surface area contributed by atoms with Crippen LogP contribution in [-0.2, 0) is 29.3 Å². The molecule has 1 atom stereocenters. The first-order valence-corrected chi connectivity index (χ1v) is 9.08. The van der Waals surface area contributed by atoms with Crippen molar-refractivity contribution in [2.75, 3.05) is 26.7 Å². The third kappa shape index (κ3) is 3.35. The molecular formula is C19H26N4O2. The van der Waals surface area contributed by atoms with E-state index in [9.17, 15) is 4.79 Å². The van der Waals surface area contributed by atoms with Crippen LogP contribution in [0.3, 0.4) is 0 Å². The molecule has 1 spiro atoms. The summed E-state index contributed by atoms with van der Waals surface area (Å²) in [6.07, 6.45) is 2.86.